The Morgan fingerprint density at radius 2 is 1.79 bits per heavy atom. The lowest BCUT2D eigenvalue weighted by molar-refractivity contribution is -0.114. The van der Waals surface area contributed by atoms with E-state index in [0.29, 0.717) is 11.6 Å². The summed E-state index contributed by atoms with van der Waals surface area (Å²) in [7, 11) is -3.58. The van der Waals surface area contributed by atoms with E-state index in [1.165, 1.54) is 25.5 Å². The second kappa shape index (κ2) is 5.56. The van der Waals surface area contributed by atoms with Crippen molar-refractivity contribution in [1.29, 1.82) is 0 Å². The molecule has 5 nitrogen and oxygen atoms in total. The smallest absolute Gasteiger partial charge is 0.240 e. The van der Waals surface area contributed by atoms with Gasteiger partial charge in [-0.3, -0.25) is 4.79 Å². The number of carbonyl (C=O) groups excluding carboxylic acids is 1. The first-order chi connectivity index (χ1) is 11.0. The van der Waals surface area contributed by atoms with E-state index in [1.807, 2.05) is 0 Å². The fraction of sp³-hybridized carbons (Fsp3) is 0.611. The number of nitrogens with one attached hydrogen (secondary N) is 2. The zero-order chi connectivity index (χ0) is 17.8. The van der Waals surface area contributed by atoms with Gasteiger partial charge in [0.1, 0.15) is 0 Å². The average molecular weight is 350 g/mol. The van der Waals surface area contributed by atoms with Gasteiger partial charge in [-0.2, -0.15) is 0 Å². The molecule has 24 heavy (non-hydrogen) atoms. The van der Waals surface area contributed by atoms with Crippen molar-refractivity contribution in [2.45, 2.75) is 57.9 Å². The molecular weight excluding hydrogens is 324 g/mol. The zero-order valence-corrected chi connectivity index (χ0v) is 15.5. The van der Waals surface area contributed by atoms with E-state index in [4.69, 9.17) is 0 Å². The molecule has 2 N–H and O–H groups in total. The number of sulfonamides is 1. The lowest BCUT2D eigenvalue weighted by Gasteiger charge is -2.42. The predicted octanol–water partition coefficient (Wildman–Crippen LogP) is 3.14. The van der Waals surface area contributed by atoms with E-state index in [9.17, 15) is 13.2 Å². The van der Waals surface area contributed by atoms with Crippen LogP contribution in [0.3, 0.4) is 0 Å². The van der Waals surface area contributed by atoms with Gasteiger partial charge in [-0.25, -0.2) is 13.1 Å². The highest BCUT2D eigenvalue weighted by molar-refractivity contribution is 7.89. The van der Waals surface area contributed by atoms with Crippen LogP contribution >= 0.6 is 0 Å². The monoisotopic (exact) mass is 350 g/mol. The molecule has 3 atom stereocenters. The van der Waals surface area contributed by atoms with Gasteiger partial charge in [0.05, 0.1) is 4.90 Å². The summed E-state index contributed by atoms with van der Waals surface area (Å²) in [5.74, 6) is 0.401. The van der Waals surface area contributed by atoms with Crippen molar-refractivity contribution in [3.63, 3.8) is 0 Å². The van der Waals surface area contributed by atoms with Gasteiger partial charge in [-0.15, -0.1) is 0 Å². The van der Waals surface area contributed by atoms with Crippen LogP contribution in [0.5, 0.6) is 0 Å². The second-order valence-electron chi connectivity index (χ2n) is 8.17. The van der Waals surface area contributed by atoms with Gasteiger partial charge in [0.2, 0.25) is 15.9 Å². The highest BCUT2D eigenvalue weighted by Crippen LogP contribution is 2.62. The van der Waals surface area contributed by atoms with Crippen molar-refractivity contribution in [3.8, 4) is 0 Å². The molecule has 2 unspecified atom stereocenters. The molecule has 0 heterocycles. The van der Waals surface area contributed by atoms with Gasteiger partial charge in [-0.05, 0) is 60.3 Å². The van der Waals surface area contributed by atoms with Gasteiger partial charge >= 0.3 is 0 Å². The predicted molar refractivity (Wildman–Crippen MR) is 94.1 cm³/mol. The summed E-state index contributed by atoms with van der Waals surface area (Å²) in [6.07, 6.45) is 3.36. The molecule has 6 heteroatoms. The molecule has 1 aromatic carbocycles. The maximum atomic E-state index is 12.8. The van der Waals surface area contributed by atoms with E-state index < -0.39 is 10.0 Å². The molecule has 3 rings (SSSR count). The number of hydrogen-bond donors (Lipinski definition) is 2. The van der Waals surface area contributed by atoms with Gasteiger partial charge in [0.15, 0.2) is 0 Å². The number of fused-ring (bicyclic) bond motifs is 2. The molecule has 2 bridgehead atoms. The van der Waals surface area contributed by atoms with Crippen molar-refractivity contribution < 1.29 is 13.2 Å². The standard InChI is InChI=1S/C18H26N2O3S/c1-12(21)19-14-5-7-15(8-6-14)24(22,23)20-16-17(2,3)13-9-10-18(16,4)11-13/h5-8,13,16,20H,9-11H2,1-4H3,(H,19,21)/t13?,16?,18-/m1/s1. The van der Waals surface area contributed by atoms with Crippen LogP contribution in [-0.2, 0) is 14.8 Å². The van der Waals surface area contributed by atoms with Crippen molar-refractivity contribution >= 4 is 21.6 Å². The lowest BCUT2D eigenvalue weighted by atomic mass is 9.69. The van der Waals surface area contributed by atoms with E-state index in [0.717, 1.165) is 12.8 Å². The minimum absolute atomic E-state index is 0.0316. The maximum absolute atomic E-state index is 12.8. The van der Waals surface area contributed by atoms with Crippen LogP contribution in [0, 0.1) is 16.7 Å². The molecular formula is C18H26N2O3S. The Hall–Kier alpha value is -1.40. The second-order valence-corrected chi connectivity index (χ2v) is 9.89. The first-order valence-electron chi connectivity index (χ1n) is 8.45. The topological polar surface area (TPSA) is 75.3 Å². The summed E-state index contributed by atoms with van der Waals surface area (Å²) >= 11 is 0. The molecule has 0 saturated heterocycles. The summed E-state index contributed by atoms with van der Waals surface area (Å²) in [6.45, 7) is 7.98. The zero-order valence-electron chi connectivity index (χ0n) is 14.7. The first-order valence-corrected chi connectivity index (χ1v) is 9.93. The van der Waals surface area contributed by atoms with Gasteiger partial charge in [-0.1, -0.05) is 20.8 Å². The highest BCUT2D eigenvalue weighted by atomic mass is 32.2. The van der Waals surface area contributed by atoms with Gasteiger partial charge in [0.25, 0.3) is 0 Å². The Kier molecular flexibility index (Phi) is 4.04. The Labute approximate surface area is 144 Å². The number of rotatable bonds is 4. The van der Waals surface area contributed by atoms with Crippen LogP contribution in [-0.4, -0.2) is 20.4 Å². The molecule has 0 radical (unpaired) electrons. The molecule has 0 aromatic heterocycles. The third-order valence-corrected chi connectivity index (χ3v) is 7.47. The quantitative estimate of drug-likeness (QED) is 0.876. The molecule has 2 fully saturated rings. The third kappa shape index (κ3) is 2.86. The fourth-order valence-electron chi connectivity index (χ4n) is 4.74. The molecule has 2 aliphatic carbocycles. The van der Waals surface area contributed by atoms with E-state index in [2.05, 4.69) is 30.8 Å². The van der Waals surface area contributed by atoms with Crippen LogP contribution in [0.2, 0.25) is 0 Å². The van der Waals surface area contributed by atoms with Crippen molar-refractivity contribution in [1.82, 2.24) is 4.72 Å². The number of hydrogen-bond acceptors (Lipinski definition) is 3. The van der Waals surface area contributed by atoms with Gasteiger partial charge in [0, 0.05) is 18.7 Å². The van der Waals surface area contributed by atoms with E-state index >= 15 is 0 Å². The van der Waals surface area contributed by atoms with Crippen molar-refractivity contribution in [2.75, 3.05) is 5.32 Å². The van der Waals surface area contributed by atoms with Gasteiger partial charge < -0.3 is 5.32 Å². The molecule has 2 saturated carbocycles. The molecule has 0 aliphatic heterocycles. The normalized spacial score (nSPS) is 31.2. The number of benzene rings is 1. The molecule has 1 aromatic rings. The largest absolute Gasteiger partial charge is 0.326 e. The average Bonchev–Trinajstić information content (AvgIpc) is 2.95. The summed E-state index contributed by atoms with van der Waals surface area (Å²) in [4.78, 5) is 11.3. The maximum Gasteiger partial charge on any atom is 0.240 e. The molecule has 0 spiro atoms. The van der Waals surface area contributed by atoms with Crippen LogP contribution < -0.4 is 10.0 Å². The van der Waals surface area contributed by atoms with Crippen LogP contribution in [0.25, 0.3) is 0 Å². The van der Waals surface area contributed by atoms with E-state index in [1.54, 1.807) is 12.1 Å². The summed E-state index contributed by atoms with van der Waals surface area (Å²) in [6, 6.07) is 6.25. The van der Waals surface area contributed by atoms with Crippen molar-refractivity contribution in [3.05, 3.63) is 24.3 Å². The Morgan fingerprint density at radius 1 is 1.17 bits per heavy atom. The number of carbonyl (C=O) groups is 1. The van der Waals surface area contributed by atoms with Crippen LogP contribution in [0.4, 0.5) is 5.69 Å². The lowest BCUT2D eigenvalue weighted by Crippen LogP contribution is -2.52. The highest BCUT2D eigenvalue weighted by Gasteiger charge is 2.60. The summed E-state index contributed by atoms with van der Waals surface area (Å²) in [5, 5.41) is 2.64. The molecule has 2 aliphatic rings. The summed E-state index contributed by atoms with van der Waals surface area (Å²) < 4.78 is 28.6. The number of amides is 1. The Bertz CT molecular complexity index is 750. The Balaban J connectivity index is 1.83. The van der Waals surface area contributed by atoms with E-state index in [-0.39, 0.29) is 27.7 Å². The summed E-state index contributed by atoms with van der Waals surface area (Å²) in [5.41, 5.74) is 0.599. The first kappa shape index (κ1) is 17.4. The van der Waals surface area contributed by atoms with Crippen LogP contribution in [0.15, 0.2) is 29.2 Å². The minimum Gasteiger partial charge on any atom is -0.326 e. The molecule has 1 amide bonds. The minimum atomic E-state index is -3.58. The molecule has 132 valence electrons. The fourth-order valence-corrected chi connectivity index (χ4v) is 6.27. The van der Waals surface area contributed by atoms with Crippen LogP contribution in [0.1, 0.15) is 47.0 Å². The Morgan fingerprint density at radius 3 is 2.29 bits per heavy atom. The van der Waals surface area contributed by atoms with Crippen molar-refractivity contribution in [2.24, 2.45) is 16.7 Å². The number of anilines is 1. The SMILES string of the molecule is CC(=O)Nc1ccc(S(=O)(=O)NC2C(C)(C)C3CC[C@]2(C)C3)cc1. The third-order valence-electron chi connectivity index (χ3n) is 6.03.